The van der Waals surface area contributed by atoms with Gasteiger partial charge in [-0.15, -0.1) is 11.8 Å². The van der Waals surface area contributed by atoms with Crippen LogP contribution in [0.5, 0.6) is 0 Å². The summed E-state index contributed by atoms with van der Waals surface area (Å²) < 4.78 is 18.1. The molecule has 4 nitrogen and oxygen atoms in total. The highest BCUT2D eigenvalue weighted by Gasteiger charge is 2.18. The summed E-state index contributed by atoms with van der Waals surface area (Å²) in [5.41, 5.74) is 5.77. The summed E-state index contributed by atoms with van der Waals surface area (Å²) >= 11 is 1.55. The van der Waals surface area contributed by atoms with E-state index in [0.29, 0.717) is 29.9 Å². The van der Waals surface area contributed by atoms with Crippen LogP contribution in [0.15, 0.2) is 33.7 Å². The number of nitrogens with zero attached hydrogens (tertiary/aromatic N) is 2. The minimum absolute atomic E-state index is 0.113. The molecule has 0 aliphatic rings. The fourth-order valence-electron chi connectivity index (χ4n) is 2.04. The van der Waals surface area contributed by atoms with Crippen LogP contribution in [0.25, 0.3) is 0 Å². The van der Waals surface area contributed by atoms with E-state index in [0.717, 1.165) is 11.3 Å². The van der Waals surface area contributed by atoms with Gasteiger partial charge in [-0.25, -0.2) is 4.39 Å². The van der Waals surface area contributed by atoms with Gasteiger partial charge in [-0.2, -0.15) is 4.98 Å². The number of rotatable bonds is 7. The fraction of sp³-hybridized carbons (Fsp3) is 0.467. The summed E-state index contributed by atoms with van der Waals surface area (Å²) in [4.78, 5) is 5.39. The minimum atomic E-state index is -0.235. The predicted molar refractivity (Wildman–Crippen MR) is 81.5 cm³/mol. The number of aromatic nitrogens is 2. The predicted octanol–water partition coefficient (Wildman–Crippen LogP) is 3.59. The van der Waals surface area contributed by atoms with E-state index in [9.17, 15) is 4.39 Å². The molecule has 114 valence electrons. The SMILES string of the molecule is CC(C)CC(CN)c1nc(CSc2ccc(F)cc2)no1. The Labute approximate surface area is 128 Å². The van der Waals surface area contributed by atoms with Crippen molar-refractivity contribution in [3.05, 3.63) is 41.8 Å². The average Bonchev–Trinajstić information content (AvgIpc) is 2.92. The van der Waals surface area contributed by atoms with Gasteiger partial charge in [0.2, 0.25) is 5.89 Å². The molecule has 6 heteroatoms. The normalized spacial score (nSPS) is 12.8. The second kappa shape index (κ2) is 7.56. The second-order valence-corrected chi connectivity index (χ2v) is 6.40. The molecule has 0 radical (unpaired) electrons. The molecule has 2 rings (SSSR count). The van der Waals surface area contributed by atoms with Crippen molar-refractivity contribution >= 4 is 11.8 Å². The Balaban J connectivity index is 1.94. The van der Waals surface area contributed by atoms with Gasteiger partial charge in [0.1, 0.15) is 5.82 Å². The zero-order valence-electron chi connectivity index (χ0n) is 12.3. The van der Waals surface area contributed by atoms with Crippen LogP contribution in [-0.2, 0) is 5.75 Å². The van der Waals surface area contributed by atoms with Crippen molar-refractivity contribution in [3.8, 4) is 0 Å². The summed E-state index contributed by atoms with van der Waals surface area (Å²) in [6, 6.07) is 6.36. The molecule has 21 heavy (non-hydrogen) atoms. The van der Waals surface area contributed by atoms with Crippen LogP contribution in [0.1, 0.15) is 37.9 Å². The topological polar surface area (TPSA) is 64.9 Å². The van der Waals surface area contributed by atoms with Crippen molar-refractivity contribution in [1.82, 2.24) is 10.1 Å². The Kier molecular flexibility index (Phi) is 5.76. The van der Waals surface area contributed by atoms with Crippen LogP contribution < -0.4 is 5.73 Å². The molecule has 1 atom stereocenters. The average molecular weight is 309 g/mol. The third-order valence-corrected chi connectivity index (χ3v) is 4.06. The fourth-order valence-corrected chi connectivity index (χ4v) is 2.78. The maximum Gasteiger partial charge on any atom is 0.231 e. The summed E-state index contributed by atoms with van der Waals surface area (Å²) in [5.74, 6) is 2.25. The molecule has 0 spiro atoms. The molecule has 0 aliphatic heterocycles. The zero-order valence-corrected chi connectivity index (χ0v) is 13.1. The van der Waals surface area contributed by atoms with Gasteiger partial charge in [-0.3, -0.25) is 0 Å². The molecule has 0 saturated carbocycles. The number of hydrogen-bond donors (Lipinski definition) is 1. The summed E-state index contributed by atoms with van der Waals surface area (Å²) in [5, 5.41) is 3.99. The van der Waals surface area contributed by atoms with Crippen LogP contribution in [0.3, 0.4) is 0 Å². The molecule has 0 bridgehead atoms. The molecule has 0 saturated heterocycles. The van der Waals surface area contributed by atoms with Gasteiger partial charge in [0.05, 0.1) is 11.7 Å². The number of thioether (sulfide) groups is 1. The molecule has 0 amide bonds. The van der Waals surface area contributed by atoms with Gasteiger partial charge in [-0.05, 0) is 36.6 Å². The van der Waals surface area contributed by atoms with Crippen molar-refractivity contribution in [1.29, 1.82) is 0 Å². The van der Waals surface area contributed by atoms with Gasteiger partial charge in [0.15, 0.2) is 5.82 Å². The Bertz CT molecular complexity index is 556. The molecule has 1 heterocycles. The molecule has 2 aromatic rings. The van der Waals surface area contributed by atoms with E-state index in [1.165, 1.54) is 12.1 Å². The van der Waals surface area contributed by atoms with Crippen molar-refractivity contribution in [2.75, 3.05) is 6.54 Å². The van der Waals surface area contributed by atoms with Gasteiger partial charge in [0, 0.05) is 11.4 Å². The lowest BCUT2D eigenvalue weighted by Gasteiger charge is -2.11. The Morgan fingerprint density at radius 2 is 2.00 bits per heavy atom. The molecule has 1 aromatic heterocycles. The molecule has 0 fully saturated rings. The molecule has 2 N–H and O–H groups in total. The number of halogens is 1. The quantitative estimate of drug-likeness (QED) is 0.792. The minimum Gasteiger partial charge on any atom is -0.339 e. The van der Waals surface area contributed by atoms with Crippen LogP contribution >= 0.6 is 11.8 Å². The van der Waals surface area contributed by atoms with E-state index in [4.69, 9.17) is 10.3 Å². The number of nitrogens with two attached hydrogens (primary N) is 1. The van der Waals surface area contributed by atoms with E-state index in [-0.39, 0.29) is 11.7 Å². The first-order valence-corrected chi connectivity index (χ1v) is 7.98. The summed E-state index contributed by atoms with van der Waals surface area (Å²) in [6.45, 7) is 4.79. The van der Waals surface area contributed by atoms with Crippen LogP contribution in [-0.4, -0.2) is 16.7 Å². The van der Waals surface area contributed by atoms with Crippen LogP contribution in [0.4, 0.5) is 4.39 Å². The van der Waals surface area contributed by atoms with Gasteiger partial charge >= 0.3 is 0 Å². The Hall–Kier alpha value is -1.40. The second-order valence-electron chi connectivity index (χ2n) is 5.35. The summed E-state index contributed by atoms with van der Waals surface area (Å²) in [7, 11) is 0. The summed E-state index contributed by atoms with van der Waals surface area (Å²) in [6.07, 6.45) is 0.934. The monoisotopic (exact) mass is 309 g/mol. The first-order valence-electron chi connectivity index (χ1n) is 6.99. The Morgan fingerprint density at radius 1 is 1.29 bits per heavy atom. The maximum absolute atomic E-state index is 12.8. The smallest absolute Gasteiger partial charge is 0.231 e. The van der Waals surface area contributed by atoms with Crippen LogP contribution in [0, 0.1) is 11.7 Å². The zero-order chi connectivity index (χ0) is 15.2. The third-order valence-electron chi connectivity index (χ3n) is 3.06. The van der Waals surface area contributed by atoms with E-state index in [1.54, 1.807) is 23.9 Å². The van der Waals surface area contributed by atoms with Gasteiger partial charge < -0.3 is 10.3 Å². The van der Waals surface area contributed by atoms with Crippen molar-refractivity contribution in [2.24, 2.45) is 11.7 Å². The lowest BCUT2D eigenvalue weighted by Crippen LogP contribution is -2.15. The first kappa shape index (κ1) is 16.0. The maximum atomic E-state index is 12.8. The van der Waals surface area contributed by atoms with E-state index >= 15 is 0 Å². The highest BCUT2D eigenvalue weighted by Crippen LogP contribution is 2.24. The third kappa shape index (κ3) is 4.82. The largest absolute Gasteiger partial charge is 0.339 e. The number of benzene rings is 1. The molecule has 1 aromatic carbocycles. The van der Waals surface area contributed by atoms with E-state index in [1.807, 2.05) is 0 Å². The lowest BCUT2D eigenvalue weighted by molar-refractivity contribution is 0.332. The van der Waals surface area contributed by atoms with Crippen molar-refractivity contribution in [3.63, 3.8) is 0 Å². The highest BCUT2D eigenvalue weighted by atomic mass is 32.2. The van der Waals surface area contributed by atoms with Gasteiger partial charge in [0.25, 0.3) is 0 Å². The molecule has 1 unspecified atom stereocenters. The van der Waals surface area contributed by atoms with E-state index in [2.05, 4.69) is 24.0 Å². The molecular formula is C15H20FN3OS. The first-order chi connectivity index (χ1) is 10.1. The highest BCUT2D eigenvalue weighted by molar-refractivity contribution is 7.98. The number of hydrogen-bond acceptors (Lipinski definition) is 5. The van der Waals surface area contributed by atoms with Crippen LogP contribution in [0.2, 0.25) is 0 Å². The standard InChI is InChI=1S/C15H20FN3OS/c1-10(2)7-11(8-17)15-18-14(19-20-15)9-21-13-5-3-12(16)4-6-13/h3-6,10-11H,7-9,17H2,1-2H3. The molecule has 0 aliphatic carbocycles. The van der Waals surface area contributed by atoms with Gasteiger partial charge in [-0.1, -0.05) is 19.0 Å². The lowest BCUT2D eigenvalue weighted by atomic mass is 9.97. The van der Waals surface area contributed by atoms with Crippen molar-refractivity contribution in [2.45, 2.75) is 36.8 Å². The van der Waals surface area contributed by atoms with Crippen molar-refractivity contribution < 1.29 is 8.91 Å². The Morgan fingerprint density at radius 3 is 2.62 bits per heavy atom. The molecular weight excluding hydrogens is 289 g/mol. The van der Waals surface area contributed by atoms with E-state index < -0.39 is 0 Å².